The molecule has 1 aromatic carbocycles. The molecule has 0 aliphatic rings. The minimum Gasteiger partial charge on any atom is -0.504 e. The van der Waals surface area contributed by atoms with Gasteiger partial charge in [-0.05, 0) is 31.4 Å². The zero-order chi connectivity index (χ0) is 18.2. The van der Waals surface area contributed by atoms with Gasteiger partial charge in [-0.15, -0.1) is 0 Å². The van der Waals surface area contributed by atoms with Gasteiger partial charge in [-0.1, -0.05) is 26.7 Å². The molecule has 2 N–H and O–H groups in total. The molecule has 1 heterocycles. The van der Waals surface area contributed by atoms with E-state index in [9.17, 15) is 9.90 Å². The molecule has 2 aromatic rings. The standard InChI is InChI=1S/C19H26O6/c1-3-5-6-7-13(4-2)24-18-17(21)15-9-8-14(23-11-10-20)12-16(15)25-19(18)22/h8-9,12-13,20-21H,3-7,10-11H2,1-2H3. The maximum Gasteiger partial charge on any atom is 0.383 e. The Kier molecular flexibility index (Phi) is 7.13. The van der Waals surface area contributed by atoms with Crippen LogP contribution in [0.15, 0.2) is 27.4 Å². The first-order chi connectivity index (χ1) is 12.1. The number of rotatable bonds is 10. The van der Waals surface area contributed by atoms with E-state index in [1.54, 1.807) is 12.1 Å². The normalized spacial score (nSPS) is 12.3. The summed E-state index contributed by atoms with van der Waals surface area (Å²) in [4.78, 5) is 12.2. The van der Waals surface area contributed by atoms with E-state index in [-0.39, 0.29) is 36.4 Å². The van der Waals surface area contributed by atoms with Crippen LogP contribution in [0.25, 0.3) is 11.0 Å². The number of aliphatic hydroxyl groups is 1. The Labute approximate surface area is 147 Å². The first-order valence-corrected chi connectivity index (χ1v) is 8.80. The molecular formula is C19H26O6. The van der Waals surface area contributed by atoms with Crippen LogP contribution < -0.4 is 15.1 Å². The summed E-state index contributed by atoms with van der Waals surface area (Å²) in [7, 11) is 0. The van der Waals surface area contributed by atoms with E-state index < -0.39 is 5.63 Å². The largest absolute Gasteiger partial charge is 0.504 e. The van der Waals surface area contributed by atoms with Gasteiger partial charge in [0.15, 0.2) is 5.75 Å². The van der Waals surface area contributed by atoms with E-state index in [4.69, 9.17) is 19.0 Å². The van der Waals surface area contributed by atoms with Gasteiger partial charge in [0.05, 0.1) is 18.1 Å². The molecule has 138 valence electrons. The average Bonchev–Trinajstić information content (AvgIpc) is 2.61. The number of aliphatic hydroxyl groups excluding tert-OH is 1. The third kappa shape index (κ3) is 4.89. The van der Waals surface area contributed by atoms with Crippen molar-refractivity contribution >= 4 is 11.0 Å². The van der Waals surface area contributed by atoms with Gasteiger partial charge in [0.25, 0.3) is 0 Å². The van der Waals surface area contributed by atoms with Crippen LogP contribution in [0.3, 0.4) is 0 Å². The Balaban J connectivity index is 2.27. The molecular weight excluding hydrogens is 324 g/mol. The number of benzene rings is 1. The predicted octanol–water partition coefficient (Wildman–Crippen LogP) is 3.61. The minimum atomic E-state index is -0.710. The van der Waals surface area contributed by atoms with Crippen molar-refractivity contribution in [3.05, 3.63) is 28.6 Å². The lowest BCUT2D eigenvalue weighted by atomic mass is 10.1. The number of aromatic hydroxyl groups is 1. The molecule has 0 spiro atoms. The minimum absolute atomic E-state index is 0.115. The molecule has 1 atom stereocenters. The third-order valence-corrected chi connectivity index (χ3v) is 4.04. The summed E-state index contributed by atoms with van der Waals surface area (Å²) < 4.78 is 16.3. The molecule has 0 fully saturated rings. The van der Waals surface area contributed by atoms with Crippen LogP contribution in [0.2, 0.25) is 0 Å². The first-order valence-electron chi connectivity index (χ1n) is 8.80. The van der Waals surface area contributed by atoms with Crippen LogP contribution in [0, 0.1) is 0 Å². The lowest BCUT2D eigenvalue weighted by molar-refractivity contribution is 0.169. The number of hydrogen-bond acceptors (Lipinski definition) is 6. The highest BCUT2D eigenvalue weighted by Gasteiger charge is 2.19. The van der Waals surface area contributed by atoms with Crippen molar-refractivity contribution in [2.24, 2.45) is 0 Å². The molecule has 1 unspecified atom stereocenters. The monoisotopic (exact) mass is 350 g/mol. The van der Waals surface area contributed by atoms with Gasteiger partial charge in [0.1, 0.15) is 17.9 Å². The molecule has 25 heavy (non-hydrogen) atoms. The van der Waals surface area contributed by atoms with Gasteiger partial charge in [0, 0.05) is 6.07 Å². The van der Waals surface area contributed by atoms with Crippen molar-refractivity contribution in [1.29, 1.82) is 0 Å². The SMILES string of the molecule is CCCCCC(CC)Oc1c(O)c2ccc(OCCO)cc2oc1=O. The van der Waals surface area contributed by atoms with Crippen LogP contribution in [0.5, 0.6) is 17.2 Å². The number of hydrogen-bond donors (Lipinski definition) is 2. The van der Waals surface area contributed by atoms with Crippen LogP contribution in [0.4, 0.5) is 0 Å². The Morgan fingerprint density at radius 2 is 2.04 bits per heavy atom. The van der Waals surface area contributed by atoms with Crippen molar-refractivity contribution in [2.75, 3.05) is 13.2 Å². The van der Waals surface area contributed by atoms with Gasteiger partial charge in [-0.25, -0.2) is 4.79 Å². The van der Waals surface area contributed by atoms with Crippen molar-refractivity contribution < 1.29 is 24.1 Å². The zero-order valence-corrected chi connectivity index (χ0v) is 14.8. The molecule has 0 saturated carbocycles. The lowest BCUT2D eigenvalue weighted by Crippen LogP contribution is -2.19. The second kappa shape index (κ2) is 9.32. The smallest absolute Gasteiger partial charge is 0.383 e. The summed E-state index contributed by atoms with van der Waals surface area (Å²) in [5.74, 6) is 0.0949. The number of fused-ring (bicyclic) bond motifs is 1. The Morgan fingerprint density at radius 1 is 1.24 bits per heavy atom. The van der Waals surface area contributed by atoms with E-state index in [0.717, 1.165) is 32.1 Å². The Hall–Kier alpha value is -2.21. The van der Waals surface area contributed by atoms with Gasteiger partial charge in [0.2, 0.25) is 5.75 Å². The van der Waals surface area contributed by atoms with Crippen molar-refractivity contribution in [2.45, 2.75) is 52.1 Å². The fourth-order valence-corrected chi connectivity index (χ4v) is 2.64. The summed E-state index contributed by atoms with van der Waals surface area (Å²) in [5, 5.41) is 19.6. The first kappa shape index (κ1) is 19.1. The number of unbranched alkanes of at least 4 members (excludes halogenated alkanes) is 2. The van der Waals surface area contributed by atoms with E-state index in [2.05, 4.69) is 6.92 Å². The van der Waals surface area contributed by atoms with Crippen LogP contribution in [-0.2, 0) is 0 Å². The molecule has 0 amide bonds. The third-order valence-electron chi connectivity index (χ3n) is 4.04. The van der Waals surface area contributed by atoms with Crippen LogP contribution >= 0.6 is 0 Å². The topological polar surface area (TPSA) is 89.1 Å². The maximum absolute atomic E-state index is 12.2. The van der Waals surface area contributed by atoms with Crippen LogP contribution in [0.1, 0.15) is 46.0 Å². The molecule has 0 aliphatic carbocycles. The van der Waals surface area contributed by atoms with Crippen molar-refractivity contribution in [1.82, 2.24) is 0 Å². The molecule has 2 rings (SSSR count). The molecule has 0 bridgehead atoms. The van der Waals surface area contributed by atoms with Gasteiger partial charge >= 0.3 is 5.63 Å². The van der Waals surface area contributed by atoms with Crippen molar-refractivity contribution in [3.63, 3.8) is 0 Å². The van der Waals surface area contributed by atoms with E-state index >= 15 is 0 Å². The van der Waals surface area contributed by atoms with Gasteiger partial charge < -0.3 is 24.1 Å². The van der Waals surface area contributed by atoms with Gasteiger partial charge in [-0.2, -0.15) is 0 Å². The van der Waals surface area contributed by atoms with E-state index in [1.807, 2.05) is 6.92 Å². The zero-order valence-electron chi connectivity index (χ0n) is 14.8. The highest BCUT2D eigenvalue weighted by Crippen LogP contribution is 2.34. The Bertz CT molecular complexity index is 737. The molecule has 0 aliphatic heterocycles. The molecule has 6 heteroatoms. The quantitative estimate of drug-likeness (QED) is 0.503. The van der Waals surface area contributed by atoms with E-state index in [1.165, 1.54) is 6.07 Å². The predicted molar refractivity (Wildman–Crippen MR) is 95.6 cm³/mol. The van der Waals surface area contributed by atoms with E-state index in [0.29, 0.717) is 11.1 Å². The molecule has 1 aromatic heterocycles. The van der Waals surface area contributed by atoms with Crippen LogP contribution in [-0.4, -0.2) is 29.5 Å². The summed E-state index contributed by atoms with van der Waals surface area (Å²) in [6.07, 6.45) is 4.67. The molecule has 0 radical (unpaired) electrons. The molecule has 6 nitrogen and oxygen atoms in total. The second-order valence-electron chi connectivity index (χ2n) is 5.94. The summed E-state index contributed by atoms with van der Waals surface area (Å²) in [6, 6.07) is 4.75. The fourth-order valence-electron chi connectivity index (χ4n) is 2.64. The maximum atomic E-state index is 12.2. The van der Waals surface area contributed by atoms with Crippen molar-refractivity contribution in [3.8, 4) is 17.2 Å². The average molecular weight is 350 g/mol. The summed E-state index contributed by atoms with van der Waals surface area (Å²) in [5.41, 5.74) is -0.498. The summed E-state index contributed by atoms with van der Waals surface area (Å²) in [6.45, 7) is 4.14. The number of ether oxygens (including phenoxy) is 2. The highest BCUT2D eigenvalue weighted by molar-refractivity contribution is 5.86. The lowest BCUT2D eigenvalue weighted by Gasteiger charge is -2.17. The second-order valence-corrected chi connectivity index (χ2v) is 5.94. The Morgan fingerprint density at radius 3 is 2.72 bits per heavy atom. The summed E-state index contributed by atoms with van der Waals surface area (Å²) >= 11 is 0. The fraction of sp³-hybridized carbons (Fsp3) is 0.526. The van der Waals surface area contributed by atoms with Gasteiger partial charge in [-0.3, -0.25) is 0 Å². The highest BCUT2D eigenvalue weighted by atomic mass is 16.5. The molecule has 0 saturated heterocycles.